The van der Waals surface area contributed by atoms with E-state index in [4.69, 9.17) is 14.3 Å². The molecule has 0 aliphatic rings. The number of hydrogen-bond acceptors (Lipinski definition) is 6. The Kier molecular flexibility index (Phi) is 9.57. The molecule has 0 spiro atoms. The standard InChI is InChI=1S/C20H30F3N3O4/c1-7-26(5)13-24-17-11-18(28-6)16(10-15(17)4)19(27,20(21,22)23)12-29-8-9-30-25-14(2)3/h10-11,13,27H,7-9,12H2,1-6H3/b24-13+. The number of aliphatic imine (C=N–C) groups is 1. The summed E-state index contributed by atoms with van der Waals surface area (Å²) in [6.45, 7) is 6.44. The maximum Gasteiger partial charge on any atom is 0.423 e. The van der Waals surface area contributed by atoms with Gasteiger partial charge in [0, 0.05) is 25.2 Å². The predicted molar refractivity (Wildman–Crippen MR) is 110 cm³/mol. The minimum atomic E-state index is -5.00. The highest BCUT2D eigenvalue weighted by molar-refractivity contribution is 5.78. The van der Waals surface area contributed by atoms with E-state index in [1.54, 1.807) is 27.1 Å². The van der Waals surface area contributed by atoms with Gasteiger partial charge in [0.2, 0.25) is 5.60 Å². The third-order valence-corrected chi connectivity index (χ3v) is 4.20. The number of methoxy groups -OCH3 is 1. The fourth-order valence-corrected chi connectivity index (χ4v) is 2.35. The quantitative estimate of drug-likeness (QED) is 0.249. The SMILES string of the molecule is CCN(C)/C=N/c1cc(OC)c(C(O)(COCCON=C(C)C)C(F)(F)F)cc1C. The summed E-state index contributed by atoms with van der Waals surface area (Å²) >= 11 is 0. The highest BCUT2D eigenvalue weighted by Gasteiger charge is 2.56. The van der Waals surface area contributed by atoms with Crippen molar-refractivity contribution in [2.75, 3.05) is 40.5 Å². The first kappa shape index (κ1) is 25.7. The zero-order valence-corrected chi connectivity index (χ0v) is 18.2. The highest BCUT2D eigenvalue weighted by atomic mass is 19.4. The van der Waals surface area contributed by atoms with E-state index < -0.39 is 23.9 Å². The van der Waals surface area contributed by atoms with Crippen LogP contribution in [0.2, 0.25) is 0 Å². The molecule has 1 N–H and O–H groups in total. The van der Waals surface area contributed by atoms with E-state index in [2.05, 4.69) is 10.1 Å². The summed E-state index contributed by atoms with van der Waals surface area (Å²) < 4.78 is 51.7. The normalized spacial score (nSPS) is 13.8. The van der Waals surface area contributed by atoms with Crippen LogP contribution in [0.1, 0.15) is 31.9 Å². The van der Waals surface area contributed by atoms with E-state index in [1.807, 2.05) is 18.9 Å². The van der Waals surface area contributed by atoms with E-state index in [9.17, 15) is 18.3 Å². The van der Waals surface area contributed by atoms with Gasteiger partial charge in [0.1, 0.15) is 12.4 Å². The van der Waals surface area contributed by atoms with Gasteiger partial charge in [-0.1, -0.05) is 5.16 Å². The number of oxime groups is 1. The monoisotopic (exact) mass is 433 g/mol. The molecule has 0 heterocycles. The second kappa shape index (κ2) is 11.2. The summed E-state index contributed by atoms with van der Waals surface area (Å²) in [6, 6.07) is 2.58. The zero-order valence-electron chi connectivity index (χ0n) is 18.2. The molecule has 0 saturated carbocycles. The molecule has 10 heteroatoms. The molecule has 1 aromatic rings. The first-order valence-electron chi connectivity index (χ1n) is 9.39. The van der Waals surface area contributed by atoms with Crippen LogP contribution in [0.3, 0.4) is 0 Å². The average Bonchev–Trinajstić information content (AvgIpc) is 2.67. The molecule has 0 fully saturated rings. The van der Waals surface area contributed by atoms with Crippen LogP contribution < -0.4 is 4.74 Å². The zero-order chi connectivity index (χ0) is 22.9. The van der Waals surface area contributed by atoms with Crippen molar-refractivity contribution < 1.29 is 32.6 Å². The molecule has 0 aliphatic heterocycles. The lowest BCUT2D eigenvalue weighted by atomic mass is 9.91. The fraction of sp³-hybridized carbons (Fsp3) is 0.600. The summed E-state index contributed by atoms with van der Waals surface area (Å²) in [5.41, 5.74) is -2.17. The Morgan fingerprint density at radius 2 is 1.90 bits per heavy atom. The molecule has 7 nitrogen and oxygen atoms in total. The number of hydrogen-bond donors (Lipinski definition) is 1. The number of alkyl halides is 3. The number of aliphatic hydroxyl groups is 1. The lowest BCUT2D eigenvalue weighted by Crippen LogP contribution is -2.46. The number of ether oxygens (including phenoxy) is 2. The minimum absolute atomic E-state index is 0.0477. The summed E-state index contributed by atoms with van der Waals surface area (Å²) in [4.78, 5) is 11.0. The second-order valence-corrected chi connectivity index (χ2v) is 6.94. The van der Waals surface area contributed by atoms with Crippen molar-refractivity contribution in [1.82, 2.24) is 4.90 Å². The van der Waals surface area contributed by atoms with Crippen molar-refractivity contribution in [3.8, 4) is 5.75 Å². The van der Waals surface area contributed by atoms with Gasteiger partial charge < -0.3 is 24.3 Å². The predicted octanol–water partition coefficient (Wildman–Crippen LogP) is 3.79. The van der Waals surface area contributed by atoms with Gasteiger partial charge in [0.15, 0.2) is 0 Å². The molecule has 0 radical (unpaired) electrons. The number of rotatable bonds is 11. The first-order valence-corrected chi connectivity index (χ1v) is 9.39. The number of nitrogens with zero attached hydrogens (tertiary/aromatic N) is 3. The van der Waals surface area contributed by atoms with Crippen molar-refractivity contribution in [1.29, 1.82) is 0 Å². The van der Waals surface area contributed by atoms with Crippen LogP contribution in [0.25, 0.3) is 0 Å². The molecule has 170 valence electrons. The molecule has 30 heavy (non-hydrogen) atoms. The van der Waals surface area contributed by atoms with Gasteiger partial charge in [0.25, 0.3) is 0 Å². The second-order valence-electron chi connectivity index (χ2n) is 6.94. The van der Waals surface area contributed by atoms with E-state index in [-0.39, 0.29) is 19.0 Å². The maximum absolute atomic E-state index is 13.8. The maximum atomic E-state index is 13.8. The number of halogens is 3. The van der Waals surface area contributed by atoms with Crippen molar-refractivity contribution in [2.24, 2.45) is 10.1 Å². The van der Waals surface area contributed by atoms with Gasteiger partial charge in [-0.3, -0.25) is 0 Å². The fourth-order valence-electron chi connectivity index (χ4n) is 2.35. The van der Waals surface area contributed by atoms with Crippen LogP contribution in [0.15, 0.2) is 22.3 Å². The molecular weight excluding hydrogens is 403 g/mol. The molecule has 0 bridgehead atoms. The largest absolute Gasteiger partial charge is 0.496 e. The van der Waals surface area contributed by atoms with E-state index in [1.165, 1.54) is 19.2 Å². The Balaban J connectivity index is 3.17. The Bertz CT molecular complexity index is 750. The summed E-state index contributed by atoms with van der Waals surface area (Å²) in [5.74, 6) is -0.141. The molecule has 0 amide bonds. The van der Waals surface area contributed by atoms with E-state index in [0.717, 1.165) is 6.54 Å². The van der Waals surface area contributed by atoms with Crippen LogP contribution in [0.5, 0.6) is 5.75 Å². The van der Waals surface area contributed by atoms with E-state index in [0.29, 0.717) is 17.0 Å². The molecule has 1 rings (SSSR count). The van der Waals surface area contributed by atoms with Crippen LogP contribution in [-0.4, -0.2) is 68.8 Å². The molecule has 0 saturated heterocycles. The Labute approximate surface area is 175 Å². The Hall–Kier alpha value is -2.33. The van der Waals surface area contributed by atoms with Crippen LogP contribution in [-0.2, 0) is 15.2 Å². The smallest absolute Gasteiger partial charge is 0.423 e. The van der Waals surface area contributed by atoms with Gasteiger partial charge >= 0.3 is 6.18 Å². The van der Waals surface area contributed by atoms with E-state index >= 15 is 0 Å². The summed E-state index contributed by atoms with van der Waals surface area (Å²) in [6.07, 6.45) is -3.43. The lowest BCUT2D eigenvalue weighted by molar-refractivity contribution is -0.282. The summed E-state index contributed by atoms with van der Waals surface area (Å²) in [5, 5.41) is 14.3. The van der Waals surface area contributed by atoms with Crippen LogP contribution in [0, 0.1) is 6.92 Å². The van der Waals surface area contributed by atoms with Crippen molar-refractivity contribution >= 4 is 17.7 Å². The van der Waals surface area contributed by atoms with Crippen molar-refractivity contribution in [2.45, 2.75) is 39.5 Å². The van der Waals surface area contributed by atoms with Crippen molar-refractivity contribution in [3.05, 3.63) is 23.3 Å². The summed E-state index contributed by atoms with van der Waals surface area (Å²) in [7, 11) is 3.05. The minimum Gasteiger partial charge on any atom is -0.496 e. The molecule has 0 aromatic heterocycles. The Morgan fingerprint density at radius 1 is 1.23 bits per heavy atom. The van der Waals surface area contributed by atoms with Gasteiger partial charge in [-0.15, -0.1) is 0 Å². The van der Waals surface area contributed by atoms with Gasteiger partial charge in [-0.2, -0.15) is 13.2 Å². The average molecular weight is 433 g/mol. The molecular formula is C20H30F3N3O4. The van der Waals surface area contributed by atoms with Crippen LogP contribution >= 0.6 is 0 Å². The van der Waals surface area contributed by atoms with Crippen LogP contribution in [0.4, 0.5) is 18.9 Å². The Morgan fingerprint density at radius 3 is 2.43 bits per heavy atom. The van der Waals surface area contributed by atoms with Gasteiger partial charge in [-0.25, -0.2) is 4.99 Å². The molecule has 1 atom stereocenters. The highest BCUT2D eigenvalue weighted by Crippen LogP contribution is 2.45. The van der Waals surface area contributed by atoms with Gasteiger partial charge in [0.05, 0.1) is 38.1 Å². The lowest BCUT2D eigenvalue weighted by Gasteiger charge is -2.32. The third-order valence-electron chi connectivity index (χ3n) is 4.20. The number of aryl methyl sites for hydroxylation is 1. The molecule has 0 aliphatic carbocycles. The first-order chi connectivity index (χ1) is 14.0. The third kappa shape index (κ3) is 6.88. The van der Waals surface area contributed by atoms with Crippen molar-refractivity contribution in [3.63, 3.8) is 0 Å². The molecule has 1 unspecified atom stereocenters. The number of benzene rings is 1. The topological polar surface area (TPSA) is 75.9 Å². The molecule has 1 aromatic carbocycles. The van der Waals surface area contributed by atoms with Gasteiger partial charge in [-0.05, 0) is 39.3 Å².